The van der Waals surface area contributed by atoms with Crippen molar-refractivity contribution in [2.24, 2.45) is 5.92 Å². The van der Waals surface area contributed by atoms with Gasteiger partial charge in [0.15, 0.2) is 0 Å². The summed E-state index contributed by atoms with van der Waals surface area (Å²) in [5.74, 6) is 1.06. The summed E-state index contributed by atoms with van der Waals surface area (Å²) in [7, 11) is 0. The quantitative estimate of drug-likeness (QED) is 0.645. The van der Waals surface area contributed by atoms with Gasteiger partial charge in [-0.3, -0.25) is 4.90 Å². The van der Waals surface area contributed by atoms with E-state index in [4.69, 9.17) is 0 Å². The maximum atomic E-state index is 9.87. The third-order valence-corrected chi connectivity index (χ3v) is 5.28. The number of rotatable bonds is 9. The fourth-order valence-corrected chi connectivity index (χ4v) is 3.42. The fourth-order valence-electron chi connectivity index (χ4n) is 3.42. The van der Waals surface area contributed by atoms with E-state index in [0.29, 0.717) is 17.7 Å². The first kappa shape index (κ1) is 18.8. The van der Waals surface area contributed by atoms with Crippen LogP contribution in [0.5, 0.6) is 0 Å². The van der Waals surface area contributed by atoms with Crippen LogP contribution in [0.3, 0.4) is 0 Å². The van der Waals surface area contributed by atoms with Crippen molar-refractivity contribution in [2.75, 3.05) is 13.1 Å². The summed E-state index contributed by atoms with van der Waals surface area (Å²) in [6.07, 6.45) is 9.48. The fraction of sp³-hybridized carbons (Fsp3) is 0.545. The van der Waals surface area contributed by atoms with Crippen molar-refractivity contribution in [3.63, 3.8) is 0 Å². The van der Waals surface area contributed by atoms with Gasteiger partial charge >= 0.3 is 0 Å². The minimum absolute atomic E-state index is 0.511. The molecule has 2 atom stereocenters. The van der Waals surface area contributed by atoms with E-state index in [-0.39, 0.29) is 0 Å². The molecule has 0 bridgehead atoms. The molecule has 1 aromatic rings. The topological polar surface area (TPSA) is 23.5 Å². The molecule has 1 N–H and O–H groups in total. The van der Waals surface area contributed by atoms with Gasteiger partial charge in [0.2, 0.25) is 0 Å². The van der Waals surface area contributed by atoms with E-state index in [2.05, 4.69) is 62.1 Å². The number of hydrogen-bond acceptors (Lipinski definition) is 2. The second kappa shape index (κ2) is 9.68. The second-order valence-electron chi connectivity index (χ2n) is 6.97. The predicted octanol–water partition coefficient (Wildman–Crippen LogP) is 5.52. The summed E-state index contributed by atoms with van der Waals surface area (Å²) >= 11 is 0. The molecule has 2 unspecified atom stereocenters. The van der Waals surface area contributed by atoms with Crippen LogP contribution in [0.4, 0.5) is 0 Å². The van der Waals surface area contributed by atoms with Gasteiger partial charge in [0.25, 0.3) is 0 Å². The molecular formula is C22H33NO. The Morgan fingerprint density at radius 2 is 1.88 bits per heavy atom. The van der Waals surface area contributed by atoms with E-state index in [9.17, 15) is 5.11 Å². The number of nitrogens with zero attached hydrogens (tertiary/aromatic N) is 1. The summed E-state index contributed by atoms with van der Waals surface area (Å²) in [6, 6.07) is 11.4. The summed E-state index contributed by atoms with van der Waals surface area (Å²) < 4.78 is 0. The molecule has 0 saturated carbocycles. The zero-order valence-electron chi connectivity index (χ0n) is 15.5. The molecular weight excluding hydrogens is 294 g/mol. The van der Waals surface area contributed by atoms with Crippen molar-refractivity contribution in [2.45, 2.75) is 58.9 Å². The van der Waals surface area contributed by atoms with E-state index in [1.807, 2.05) is 6.08 Å². The number of allylic oxidation sites excluding steroid dienone is 3. The maximum absolute atomic E-state index is 9.87. The largest absolute Gasteiger partial charge is 0.512 e. The van der Waals surface area contributed by atoms with Gasteiger partial charge in [0, 0.05) is 25.6 Å². The van der Waals surface area contributed by atoms with Gasteiger partial charge in [-0.15, -0.1) is 0 Å². The van der Waals surface area contributed by atoms with Crippen LogP contribution >= 0.6 is 0 Å². The van der Waals surface area contributed by atoms with Gasteiger partial charge in [-0.1, -0.05) is 50.3 Å². The van der Waals surface area contributed by atoms with E-state index in [0.717, 1.165) is 38.8 Å². The highest BCUT2D eigenvalue weighted by atomic mass is 16.3. The molecule has 1 aliphatic carbocycles. The molecule has 0 saturated heterocycles. The Hall–Kier alpha value is -1.54. The first-order valence-electron chi connectivity index (χ1n) is 9.51. The zero-order valence-corrected chi connectivity index (χ0v) is 15.5. The minimum atomic E-state index is 0.511. The molecule has 0 fully saturated rings. The summed E-state index contributed by atoms with van der Waals surface area (Å²) in [4.78, 5) is 2.63. The first-order valence-corrected chi connectivity index (χ1v) is 9.51. The number of benzene rings is 1. The van der Waals surface area contributed by atoms with Gasteiger partial charge in [0.1, 0.15) is 0 Å². The molecule has 1 aromatic carbocycles. The van der Waals surface area contributed by atoms with Gasteiger partial charge < -0.3 is 5.11 Å². The maximum Gasteiger partial charge on any atom is 0.0928 e. The molecule has 2 nitrogen and oxygen atoms in total. The average molecular weight is 328 g/mol. The van der Waals surface area contributed by atoms with E-state index >= 15 is 0 Å². The average Bonchev–Trinajstić information content (AvgIpc) is 2.62. The number of aliphatic hydroxyl groups excluding tert-OH is 1. The smallest absolute Gasteiger partial charge is 0.0928 e. The predicted molar refractivity (Wildman–Crippen MR) is 103 cm³/mol. The highest BCUT2D eigenvalue weighted by molar-refractivity contribution is 5.27. The van der Waals surface area contributed by atoms with Gasteiger partial charge in [0.05, 0.1) is 5.76 Å². The molecule has 2 heteroatoms. The lowest BCUT2D eigenvalue weighted by Gasteiger charge is -2.33. The lowest BCUT2D eigenvalue weighted by molar-refractivity contribution is 0.182. The Kier molecular flexibility index (Phi) is 7.58. The lowest BCUT2D eigenvalue weighted by Crippen LogP contribution is -2.38. The lowest BCUT2D eigenvalue weighted by atomic mass is 9.90. The van der Waals surface area contributed by atoms with E-state index in [1.54, 1.807) is 0 Å². The molecule has 132 valence electrons. The first-order chi connectivity index (χ1) is 11.6. The highest BCUT2D eigenvalue weighted by Crippen LogP contribution is 2.26. The van der Waals surface area contributed by atoms with Crippen LogP contribution in [-0.4, -0.2) is 29.1 Å². The minimum Gasteiger partial charge on any atom is -0.512 e. The molecule has 2 rings (SSSR count). The van der Waals surface area contributed by atoms with Gasteiger partial charge in [-0.25, -0.2) is 0 Å². The van der Waals surface area contributed by atoms with Crippen LogP contribution in [0, 0.1) is 5.92 Å². The van der Waals surface area contributed by atoms with Crippen molar-refractivity contribution in [3.8, 4) is 0 Å². The third kappa shape index (κ3) is 5.52. The van der Waals surface area contributed by atoms with Crippen LogP contribution < -0.4 is 0 Å². The van der Waals surface area contributed by atoms with Crippen molar-refractivity contribution < 1.29 is 5.11 Å². The standard InChI is InChI=1S/C22H33NO/c1-4-18(3)23(15-14-19-10-7-6-8-11-19)17-20(5-2)21-12-9-13-22(24)16-21/h6-8,10-12,16,18,20,24H,4-5,9,13-15,17H2,1-3H3. The molecule has 1 aliphatic rings. The Morgan fingerprint density at radius 1 is 1.12 bits per heavy atom. The van der Waals surface area contributed by atoms with Crippen LogP contribution in [0.15, 0.2) is 53.8 Å². The Balaban J connectivity index is 2.02. The van der Waals surface area contributed by atoms with Gasteiger partial charge in [-0.2, -0.15) is 0 Å². The van der Waals surface area contributed by atoms with Crippen molar-refractivity contribution in [1.29, 1.82) is 0 Å². The Labute approximate surface area is 147 Å². The monoisotopic (exact) mass is 327 g/mol. The van der Waals surface area contributed by atoms with Crippen LogP contribution in [0.1, 0.15) is 52.0 Å². The number of aliphatic hydroxyl groups is 1. The Bertz CT molecular complexity index is 546. The molecule has 0 aliphatic heterocycles. The van der Waals surface area contributed by atoms with Crippen LogP contribution in [0.2, 0.25) is 0 Å². The SMILES string of the molecule is CCC(CN(CCc1ccccc1)C(C)CC)C1=CCCC(O)=C1. The molecule has 0 radical (unpaired) electrons. The summed E-state index contributed by atoms with van der Waals surface area (Å²) in [5, 5.41) is 9.87. The summed E-state index contributed by atoms with van der Waals surface area (Å²) in [6.45, 7) is 9.04. The summed E-state index contributed by atoms with van der Waals surface area (Å²) in [5.41, 5.74) is 2.74. The van der Waals surface area contributed by atoms with Crippen molar-refractivity contribution in [3.05, 3.63) is 59.4 Å². The van der Waals surface area contributed by atoms with E-state index in [1.165, 1.54) is 17.6 Å². The van der Waals surface area contributed by atoms with Gasteiger partial charge in [-0.05, 0) is 55.7 Å². The molecule has 0 aromatic heterocycles. The third-order valence-electron chi connectivity index (χ3n) is 5.28. The molecule has 0 spiro atoms. The van der Waals surface area contributed by atoms with Crippen LogP contribution in [0.25, 0.3) is 0 Å². The molecule has 0 amide bonds. The van der Waals surface area contributed by atoms with E-state index < -0.39 is 0 Å². The normalized spacial score (nSPS) is 17.3. The zero-order chi connectivity index (χ0) is 17.4. The number of hydrogen-bond donors (Lipinski definition) is 1. The van der Waals surface area contributed by atoms with Crippen molar-refractivity contribution in [1.82, 2.24) is 4.90 Å². The second-order valence-corrected chi connectivity index (χ2v) is 6.97. The van der Waals surface area contributed by atoms with Crippen molar-refractivity contribution >= 4 is 0 Å². The molecule has 0 heterocycles. The highest BCUT2D eigenvalue weighted by Gasteiger charge is 2.20. The molecule has 24 heavy (non-hydrogen) atoms. The van der Waals surface area contributed by atoms with Crippen LogP contribution in [-0.2, 0) is 6.42 Å². The Morgan fingerprint density at radius 3 is 2.50 bits per heavy atom.